The lowest BCUT2D eigenvalue weighted by Gasteiger charge is -2.35. The first-order chi connectivity index (χ1) is 13.6. The van der Waals surface area contributed by atoms with Crippen LogP contribution in [0.25, 0.3) is 0 Å². The van der Waals surface area contributed by atoms with Crippen molar-refractivity contribution in [1.82, 2.24) is 15.5 Å². The molecule has 1 aromatic rings. The highest BCUT2D eigenvalue weighted by molar-refractivity contribution is 14.0. The van der Waals surface area contributed by atoms with Crippen LogP contribution in [0.4, 0.5) is 0 Å². The van der Waals surface area contributed by atoms with E-state index in [1.165, 1.54) is 12.0 Å². The molecule has 29 heavy (non-hydrogen) atoms. The van der Waals surface area contributed by atoms with E-state index in [4.69, 9.17) is 9.47 Å². The van der Waals surface area contributed by atoms with Gasteiger partial charge in [0, 0.05) is 39.3 Å². The Morgan fingerprint density at radius 2 is 2.00 bits per heavy atom. The Morgan fingerprint density at radius 3 is 2.66 bits per heavy atom. The lowest BCUT2D eigenvalue weighted by molar-refractivity contribution is 0.0132. The Hall–Kier alpha value is -1.06. The zero-order chi connectivity index (χ0) is 20.2. The van der Waals surface area contributed by atoms with E-state index in [9.17, 15) is 0 Å². The first kappa shape index (κ1) is 26.0. The molecule has 0 bridgehead atoms. The van der Waals surface area contributed by atoms with Crippen molar-refractivity contribution < 1.29 is 9.47 Å². The van der Waals surface area contributed by atoms with E-state index in [-0.39, 0.29) is 24.0 Å². The lowest BCUT2D eigenvalue weighted by Crippen LogP contribution is -2.51. The standard InChI is InChI=1S/C22H38N4O2.HI/c1-18(2)15-20(26-11-13-28-14-12-26)17-25-22(23-3)24-10-6-8-19-7-5-9-21(16-19)27-4;/h5,7,9,16,18,20H,6,8,10-15,17H2,1-4H3,(H2,23,24,25);1H. The Morgan fingerprint density at radius 1 is 1.24 bits per heavy atom. The molecule has 0 radical (unpaired) electrons. The summed E-state index contributed by atoms with van der Waals surface area (Å²) in [6, 6.07) is 8.79. The fraction of sp³-hybridized carbons (Fsp3) is 0.682. The first-order valence-corrected chi connectivity index (χ1v) is 10.5. The van der Waals surface area contributed by atoms with Crippen molar-refractivity contribution in [2.45, 2.75) is 39.2 Å². The van der Waals surface area contributed by atoms with E-state index in [0.717, 1.165) is 63.9 Å². The summed E-state index contributed by atoms with van der Waals surface area (Å²) in [5.41, 5.74) is 1.30. The van der Waals surface area contributed by atoms with E-state index in [1.54, 1.807) is 7.11 Å². The molecular formula is C22H39IN4O2. The Labute approximate surface area is 193 Å². The van der Waals surface area contributed by atoms with E-state index in [1.807, 2.05) is 19.2 Å². The van der Waals surface area contributed by atoms with Gasteiger partial charge in [0.15, 0.2) is 5.96 Å². The van der Waals surface area contributed by atoms with Crippen LogP contribution in [0.3, 0.4) is 0 Å². The number of aliphatic imine (C=N–C) groups is 1. The summed E-state index contributed by atoms with van der Waals surface area (Å²) in [6.45, 7) is 10.1. The highest BCUT2D eigenvalue weighted by Gasteiger charge is 2.22. The molecule has 0 amide bonds. The maximum atomic E-state index is 5.51. The molecule has 2 rings (SSSR count). The largest absolute Gasteiger partial charge is 0.497 e. The maximum absolute atomic E-state index is 5.51. The molecule has 1 aliphatic heterocycles. The van der Waals surface area contributed by atoms with E-state index < -0.39 is 0 Å². The van der Waals surface area contributed by atoms with Crippen LogP contribution in [0.2, 0.25) is 0 Å². The molecule has 6 nitrogen and oxygen atoms in total. The molecule has 1 unspecified atom stereocenters. The number of hydrogen-bond acceptors (Lipinski definition) is 4. The minimum absolute atomic E-state index is 0. The Kier molecular flexibility index (Phi) is 13.3. The highest BCUT2D eigenvalue weighted by Crippen LogP contribution is 2.14. The van der Waals surface area contributed by atoms with Crippen molar-refractivity contribution in [2.24, 2.45) is 10.9 Å². The van der Waals surface area contributed by atoms with Crippen LogP contribution in [-0.4, -0.2) is 70.5 Å². The SMILES string of the molecule is CN=C(NCCCc1cccc(OC)c1)NCC(CC(C)C)N1CCOCC1.I. The number of halogens is 1. The van der Waals surface area contributed by atoms with Gasteiger partial charge >= 0.3 is 0 Å². The molecular weight excluding hydrogens is 479 g/mol. The number of benzene rings is 1. The van der Waals surface area contributed by atoms with E-state index in [2.05, 4.69) is 46.5 Å². The quantitative estimate of drug-likeness (QED) is 0.216. The van der Waals surface area contributed by atoms with Crippen LogP contribution in [0.1, 0.15) is 32.3 Å². The zero-order valence-electron chi connectivity index (χ0n) is 18.4. The number of rotatable bonds is 10. The van der Waals surface area contributed by atoms with Gasteiger partial charge in [0.05, 0.1) is 20.3 Å². The molecule has 0 saturated carbocycles. The number of hydrogen-bond donors (Lipinski definition) is 2. The molecule has 0 spiro atoms. The van der Waals surface area contributed by atoms with Gasteiger partial charge < -0.3 is 20.1 Å². The van der Waals surface area contributed by atoms with Crippen molar-refractivity contribution in [3.63, 3.8) is 0 Å². The molecule has 166 valence electrons. The minimum Gasteiger partial charge on any atom is -0.497 e. The van der Waals surface area contributed by atoms with Gasteiger partial charge in [-0.2, -0.15) is 0 Å². The van der Waals surface area contributed by atoms with Gasteiger partial charge in [-0.1, -0.05) is 26.0 Å². The van der Waals surface area contributed by atoms with Crippen molar-refractivity contribution >= 4 is 29.9 Å². The third-order valence-corrected chi connectivity index (χ3v) is 5.10. The monoisotopic (exact) mass is 518 g/mol. The number of guanidine groups is 1. The van der Waals surface area contributed by atoms with Crippen molar-refractivity contribution in [3.05, 3.63) is 29.8 Å². The van der Waals surface area contributed by atoms with Gasteiger partial charge in [-0.25, -0.2) is 0 Å². The number of aryl methyl sites for hydroxylation is 1. The van der Waals surface area contributed by atoms with Gasteiger partial charge in [-0.15, -0.1) is 24.0 Å². The molecule has 1 saturated heterocycles. The second kappa shape index (κ2) is 14.8. The first-order valence-electron chi connectivity index (χ1n) is 10.5. The molecule has 1 aliphatic rings. The fourth-order valence-corrected chi connectivity index (χ4v) is 3.61. The van der Waals surface area contributed by atoms with E-state index in [0.29, 0.717) is 12.0 Å². The van der Waals surface area contributed by atoms with E-state index >= 15 is 0 Å². The number of methoxy groups -OCH3 is 1. The van der Waals surface area contributed by atoms with Crippen LogP contribution in [0.5, 0.6) is 5.75 Å². The van der Waals surface area contributed by atoms with Gasteiger partial charge in [0.2, 0.25) is 0 Å². The maximum Gasteiger partial charge on any atom is 0.191 e. The predicted molar refractivity (Wildman–Crippen MR) is 132 cm³/mol. The van der Waals surface area contributed by atoms with Crippen LogP contribution >= 0.6 is 24.0 Å². The topological polar surface area (TPSA) is 58.1 Å². The predicted octanol–water partition coefficient (Wildman–Crippen LogP) is 3.16. The molecule has 7 heteroatoms. The Balaban J connectivity index is 0.00000420. The summed E-state index contributed by atoms with van der Waals surface area (Å²) in [6.07, 6.45) is 3.25. The molecule has 1 fully saturated rings. The van der Waals surface area contributed by atoms with Gasteiger partial charge in [-0.05, 0) is 42.9 Å². The average molecular weight is 518 g/mol. The molecule has 1 atom stereocenters. The molecule has 1 aromatic carbocycles. The number of ether oxygens (including phenoxy) is 2. The van der Waals surface area contributed by atoms with Crippen LogP contribution < -0.4 is 15.4 Å². The average Bonchev–Trinajstić information content (AvgIpc) is 2.72. The summed E-state index contributed by atoms with van der Waals surface area (Å²) in [7, 11) is 3.55. The van der Waals surface area contributed by atoms with Gasteiger partial charge in [0.25, 0.3) is 0 Å². The highest BCUT2D eigenvalue weighted by atomic mass is 127. The third-order valence-electron chi connectivity index (χ3n) is 5.10. The zero-order valence-corrected chi connectivity index (χ0v) is 20.8. The summed E-state index contributed by atoms with van der Waals surface area (Å²) >= 11 is 0. The van der Waals surface area contributed by atoms with Crippen LogP contribution in [0.15, 0.2) is 29.3 Å². The van der Waals surface area contributed by atoms with Crippen LogP contribution in [-0.2, 0) is 11.2 Å². The number of nitrogens with one attached hydrogen (secondary N) is 2. The number of morpholine rings is 1. The smallest absolute Gasteiger partial charge is 0.191 e. The minimum atomic E-state index is 0. The second-order valence-corrected chi connectivity index (χ2v) is 7.77. The van der Waals surface area contributed by atoms with Gasteiger partial charge in [-0.3, -0.25) is 9.89 Å². The number of nitrogens with zero attached hydrogens (tertiary/aromatic N) is 2. The fourth-order valence-electron chi connectivity index (χ4n) is 3.61. The van der Waals surface area contributed by atoms with Gasteiger partial charge in [0.1, 0.15) is 5.75 Å². The van der Waals surface area contributed by atoms with Crippen molar-refractivity contribution in [2.75, 3.05) is 53.6 Å². The second-order valence-electron chi connectivity index (χ2n) is 7.77. The summed E-state index contributed by atoms with van der Waals surface area (Å²) < 4.78 is 10.8. The molecule has 0 aromatic heterocycles. The molecule has 0 aliphatic carbocycles. The third kappa shape index (κ3) is 10.00. The summed E-state index contributed by atoms with van der Waals surface area (Å²) in [4.78, 5) is 6.94. The lowest BCUT2D eigenvalue weighted by atomic mass is 10.0. The summed E-state index contributed by atoms with van der Waals surface area (Å²) in [5, 5.41) is 6.97. The normalized spacial score (nSPS) is 16.2. The van der Waals surface area contributed by atoms with Crippen molar-refractivity contribution in [3.8, 4) is 5.75 Å². The molecule has 1 heterocycles. The van der Waals surface area contributed by atoms with Crippen LogP contribution in [0, 0.1) is 5.92 Å². The van der Waals surface area contributed by atoms with Crippen molar-refractivity contribution in [1.29, 1.82) is 0 Å². The Bertz CT molecular complexity index is 592. The molecule has 2 N–H and O–H groups in total. The summed E-state index contributed by atoms with van der Waals surface area (Å²) in [5.74, 6) is 2.47.